The molecule has 0 saturated heterocycles. The number of hydrogen-bond donors (Lipinski definition) is 1. The molecule has 7 heteroatoms. The Balaban J connectivity index is 2.02. The number of benzene rings is 1. The predicted octanol–water partition coefficient (Wildman–Crippen LogP) is 2.58. The van der Waals surface area contributed by atoms with Crippen LogP contribution in [0, 0.1) is 0 Å². The van der Waals surface area contributed by atoms with Gasteiger partial charge in [0.2, 0.25) is 5.95 Å². The Labute approximate surface area is 112 Å². The number of aromatic nitrogens is 3. The summed E-state index contributed by atoms with van der Waals surface area (Å²) in [5.41, 5.74) is 7.79. The zero-order chi connectivity index (χ0) is 14.1. The average Bonchev–Trinajstić information content (AvgIpc) is 2.79. The lowest BCUT2D eigenvalue weighted by atomic mass is 10.1. The molecule has 0 atom stereocenters. The Kier molecular flexibility index (Phi) is 2.94. The lowest BCUT2D eigenvalue weighted by Gasteiger charge is -2.06. The van der Waals surface area contributed by atoms with Crippen LogP contribution < -0.4 is 10.5 Å². The molecule has 0 fully saturated rings. The lowest BCUT2D eigenvalue weighted by Crippen LogP contribution is -2.01. The summed E-state index contributed by atoms with van der Waals surface area (Å²) in [7, 11) is 0. The van der Waals surface area contributed by atoms with Gasteiger partial charge in [-0.2, -0.15) is 13.8 Å². The third-order valence-electron chi connectivity index (χ3n) is 2.77. The highest BCUT2D eigenvalue weighted by Gasteiger charge is 2.09. The van der Waals surface area contributed by atoms with E-state index in [1.54, 1.807) is 28.9 Å². The molecular weight excluding hydrogens is 266 g/mol. The van der Waals surface area contributed by atoms with E-state index in [2.05, 4.69) is 14.8 Å². The molecule has 3 aromatic rings. The van der Waals surface area contributed by atoms with Crippen LogP contribution in [0.1, 0.15) is 0 Å². The zero-order valence-corrected chi connectivity index (χ0v) is 10.2. The van der Waals surface area contributed by atoms with Crippen molar-refractivity contribution in [3.05, 3.63) is 42.6 Å². The topological polar surface area (TPSA) is 65.4 Å². The van der Waals surface area contributed by atoms with Crippen LogP contribution in [0.2, 0.25) is 0 Å². The normalized spacial score (nSPS) is 11.2. The van der Waals surface area contributed by atoms with Gasteiger partial charge in [0, 0.05) is 11.8 Å². The van der Waals surface area contributed by atoms with Gasteiger partial charge in [-0.05, 0) is 29.8 Å². The Morgan fingerprint density at radius 2 is 1.90 bits per heavy atom. The van der Waals surface area contributed by atoms with Gasteiger partial charge < -0.3 is 10.5 Å². The molecule has 0 radical (unpaired) electrons. The van der Waals surface area contributed by atoms with Crippen molar-refractivity contribution < 1.29 is 13.5 Å². The highest BCUT2D eigenvalue weighted by molar-refractivity contribution is 5.77. The molecule has 2 aromatic heterocycles. The van der Waals surface area contributed by atoms with E-state index in [0.717, 1.165) is 11.1 Å². The van der Waals surface area contributed by atoms with Crippen molar-refractivity contribution >= 4 is 11.6 Å². The monoisotopic (exact) mass is 276 g/mol. The van der Waals surface area contributed by atoms with E-state index < -0.39 is 6.61 Å². The minimum atomic E-state index is -2.83. The number of anilines is 1. The number of nitrogens with zero attached hydrogens (tertiary/aromatic N) is 3. The fourth-order valence-corrected chi connectivity index (χ4v) is 1.96. The Bertz CT molecular complexity index is 740. The largest absolute Gasteiger partial charge is 0.435 e. The molecule has 0 aliphatic rings. The number of halogens is 2. The van der Waals surface area contributed by atoms with E-state index in [-0.39, 0.29) is 11.7 Å². The van der Waals surface area contributed by atoms with Crippen LogP contribution in [-0.4, -0.2) is 21.2 Å². The second-order valence-corrected chi connectivity index (χ2v) is 4.06. The summed E-state index contributed by atoms with van der Waals surface area (Å²) in [4.78, 5) is 4.14. The molecular formula is C13H10F2N4O. The first-order chi connectivity index (χ1) is 9.63. The molecule has 0 aliphatic heterocycles. The molecule has 0 aliphatic carbocycles. The second-order valence-electron chi connectivity index (χ2n) is 4.06. The molecule has 2 N–H and O–H groups in total. The minimum Gasteiger partial charge on any atom is -0.435 e. The number of fused-ring (bicyclic) bond motifs is 1. The van der Waals surface area contributed by atoms with Gasteiger partial charge in [-0.3, -0.25) is 0 Å². The number of hydrogen-bond acceptors (Lipinski definition) is 4. The predicted molar refractivity (Wildman–Crippen MR) is 69.5 cm³/mol. The highest BCUT2D eigenvalue weighted by atomic mass is 19.3. The Hall–Kier alpha value is -2.70. The van der Waals surface area contributed by atoms with Gasteiger partial charge >= 0.3 is 6.61 Å². The van der Waals surface area contributed by atoms with Crippen molar-refractivity contribution in [2.45, 2.75) is 6.61 Å². The third-order valence-corrected chi connectivity index (χ3v) is 2.77. The van der Waals surface area contributed by atoms with Gasteiger partial charge in [0.25, 0.3) is 0 Å². The van der Waals surface area contributed by atoms with Crippen LogP contribution in [0.5, 0.6) is 5.75 Å². The number of rotatable bonds is 3. The maximum atomic E-state index is 12.1. The average molecular weight is 276 g/mol. The third kappa shape index (κ3) is 2.25. The van der Waals surface area contributed by atoms with Gasteiger partial charge in [0.1, 0.15) is 5.75 Å². The maximum Gasteiger partial charge on any atom is 0.387 e. The number of ether oxygens (including phenoxy) is 1. The highest BCUT2D eigenvalue weighted by Crippen LogP contribution is 2.26. The molecule has 1 aromatic carbocycles. The molecule has 0 unspecified atom stereocenters. The van der Waals surface area contributed by atoms with Gasteiger partial charge in [-0.15, -0.1) is 5.10 Å². The van der Waals surface area contributed by atoms with Crippen LogP contribution in [0.15, 0.2) is 42.6 Å². The zero-order valence-electron chi connectivity index (χ0n) is 10.2. The molecule has 3 rings (SSSR count). The number of alkyl halides is 2. The number of nitrogen functional groups attached to an aromatic ring is 1. The molecule has 2 heterocycles. The standard InChI is InChI=1S/C13H10F2N4O/c14-12(15)20-9-5-3-8(4-6-9)10-2-1-7-19-11(10)17-13(16)18-19/h1-7,12H,(H2,16,18). The quantitative estimate of drug-likeness (QED) is 0.798. The van der Waals surface area contributed by atoms with Crippen molar-refractivity contribution in [2.75, 3.05) is 5.73 Å². The molecule has 102 valence electrons. The fraction of sp³-hybridized carbons (Fsp3) is 0.0769. The molecule has 20 heavy (non-hydrogen) atoms. The summed E-state index contributed by atoms with van der Waals surface area (Å²) in [5, 5.41) is 4.02. The molecule has 0 amide bonds. The Morgan fingerprint density at radius 3 is 2.60 bits per heavy atom. The smallest absolute Gasteiger partial charge is 0.387 e. The maximum absolute atomic E-state index is 12.1. The summed E-state index contributed by atoms with van der Waals surface area (Å²) in [6.45, 7) is -2.83. The minimum absolute atomic E-state index is 0.108. The molecule has 5 nitrogen and oxygen atoms in total. The van der Waals surface area contributed by atoms with Crippen LogP contribution in [0.4, 0.5) is 14.7 Å². The molecule has 0 spiro atoms. The first kappa shape index (κ1) is 12.3. The molecule has 0 saturated carbocycles. The van der Waals surface area contributed by atoms with Crippen LogP contribution in [0.25, 0.3) is 16.8 Å². The summed E-state index contributed by atoms with van der Waals surface area (Å²) in [6.07, 6.45) is 1.73. The SMILES string of the molecule is Nc1nc2c(-c3ccc(OC(F)F)cc3)cccn2n1. The Morgan fingerprint density at radius 1 is 1.15 bits per heavy atom. The second kappa shape index (κ2) is 4.76. The molecule has 0 bridgehead atoms. The summed E-state index contributed by atoms with van der Waals surface area (Å²) >= 11 is 0. The number of pyridine rings is 1. The summed E-state index contributed by atoms with van der Waals surface area (Å²) < 4.78 is 30.1. The van der Waals surface area contributed by atoms with E-state index in [0.29, 0.717) is 5.65 Å². The van der Waals surface area contributed by atoms with E-state index >= 15 is 0 Å². The van der Waals surface area contributed by atoms with E-state index in [9.17, 15) is 8.78 Å². The van der Waals surface area contributed by atoms with Crippen LogP contribution >= 0.6 is 0 Å². The van der Waals surface area contributed by atoms with Crippen molar-refractivity contribution in [3.63, 3.8) is 0 Å². The first-order valence-corrected chi connectivity index (χ1v) is 5.79. The summed E-state index contributed by atoms with van der Waals surface area (Å²) in [5.74, 6) is 0.284. The van der Waals surface area contributed by atoms with Gasteiger partial charge in [-0.25, -0.2) is 4.52 Å². The summed E-state index contributed by atoms with van der Waals surface area (Å²) in [6, 6.07) is 9.97. The van der Waals surface area contributed by atoms with Crippen molar-refractivity contribution in [1.29, 1.82) is 0 Å². The number of nitrogens with two attached hydrogens (primary N) is 1. The van der Waals surface area contributed by atoms with Crippen LogP contribution in [0.3, 0.4) is 0 Å². The van der Waals surface area contributed by atoms with Gasteiger partial charge in [0.05, 0.1) is 0 Å². The first-order valence-electron chi connectivity index (χ1n) is 5.79. The van der Waals surface area contributed by atoms with Crippen LogP contribution in [-0.2, 0) is 0 Å². The van der Waals surface area contributed by atoms with Crippen molar-refractivity contribution in [2.24, 2.45) is 0 Å². The van der Waals surface area contributed by atoms with Crippen molar-refractivity contribution in [1.82, 2.24) is 14.6 Å². The van der Waals surface area contributed by atoms with Crippen molar-refractivity contribution in [3.8, 4) is 16.9 Å². The van der Waals surface area contributed by atoms with E-state index in [1.165, 1.54) is 12.1 Å². The van der Waals surface area contributed by atoms with E-state index in [1.807, 2.05) is 6.07 Å². The fourth-order valence-electron chi connectivity index (χ4n) is 1.96. The van der Waals surface area contributed by atoms with E-state index in [4.69, 9.17) is 5.73 Å². The lowest BCUT2D eigenvalue weighted by molar-refractivity contribution is -0.0498. The van der Waals surface area contributed by atoms with Gasteiger partial charge in [0.15, 0.2) is 5.65 Å². The van der Waals surface area contributed by atoms with Gasteiger partial charge in [-0.1, -0.05) is 12.1 Å².